The van der Waals surface area contributed by atoms with E-state index in [-0.39, 0.29) is 11.9 Å². The van der Waals surface area contributed by atoms with E-state index >= 15 is 0 Å². The molecule has 0 spiro atoms. The van der Waals surface area contributed by atoms with Crippen LogP contribution in [0.2, 0.25) is 5.02 Å². The zero-order valence-corrected chi connectivity index (χ0v) is 14.4. The molecule has 22 heavy (non-hydrogen) atoms. The van der Waals surface area contributed by atoms with Crippen LogP contribution in [-0.2, 0) is 0 Å². The molecule has 0 saturated heterocycles. The largest absolute Gasteiger partial charge is 0.493 e. The normalized spacial score (nSPS) is 12.1. The van der Waals surface area contributed by atoms with Crippen LogP contribution in [0.5, 0.6) is 11.5 Å². The summed E-state index contributed by atoms with van der Waals surface area (Å²) in [6, 6.07) is 3.13. The van der Waals surface area contributed by atoms with Crippen LogP contribution < -0.4 is 20.5 Å². The quantitative estimate of drug-likeness (QED) is 0.769. The Kier molecular flexibility index (Phi) is 7.48. The van der Waals surface area contributed by atoms with Crippen molar-refractivity contribution in [2.24, 2.45) is 11.7 Å². The van der Waals surface area contributed by atoms with Gasteiger partial charge in [-0.15, -0.1) is 0 Å². The predicted molar refractivity (Wildman–Crippen MR) is 88.9 cm³/mol. The highest BCUT2D eigenvalue weighted by molar-refractivity contribution is 6.32. The molecule has 0 radical (unpaired) electrons. The summed E-state index contributed by atoms with van der Waals surface area (Å²) < 4.78 is 10.7. The number of halogens is 1. The standard InChI is InChI=1S/C16H25ClN2O3/c1-5-22-15-13(17)7-11(8-14(15)21-4)16(20)19-12(9-18)6-10(2)3/h7-8,10,12H,5-6,9,18H2,1-4H3,(H,19,20). The van der Waals surface area contributed by atoms with Crippen LogP contribution >= 0.6 is 11.6 Å². The second-order valence-corrected chi connectivity index (χ2v) is 5.87. The summed E-state index contributed by atoms with van der Waals surface area (Å²) in [6.45, 7) is 6.89. The van der Waals surface area contributed by atoms with Gasteiger partial charge < -0.3 is 20.5 Å². The van der Waals surface area contributed by atoms with Crippen molar-refractivity contribution >= 4 is 17.5 Å². The SMILES string of the molecule is CCOc1c(Cl)cc(C(=O)NC(CN)CC(C)C)cc1OC. The lowest BCUT2D eigenvalue weighted by molar-refractivity contribution is 0.0933. The smallest absolute Gasteiger partial charge is 0.251 e. The maximum atomic E-state index is 12.4. The summed E-state index contributed by atoms with van der Waals surface area (Å²) in [6.07, 6.45) is 0.824. The summed E-state index contributed by atoms with van der Waals surface area (Å²) in [5.74, 6) is 1.11. The van der Waals surface area contributed by atoms with Crippen molar-refractivity contribution in [2.45, 2.75) is 33.2 Å². The average molecular weight is 329 g/mol. The zero-order valence-electron chi connectivity index (χ0n) is 13.6. The number of benzene rings is 1. The van der Waals surface area contributed by atoms with Crippen LogP contribution in [-0.4, -0.2) is 32.2 Å². The van der Waals surface area contributed by atoms with Crippen molar-refractivity contribution in [2.75, 3.05) is 20.3 Å². The van der Waals surface area contributed by atoms with Gasteiger partial charge in [-0.2, -0.15) is 0 Å². The molecule has 1 amide bonds. The van der Waals surface area contributed by atoms with E-state index in [9.17, 15) is 4.79 Å². The molecule has 0 saturated carbocycles. The lowest BCUT2D eigenvalue weighted by Gasteiger charge is -2.19. The van der Waals surface area contributed by atoms with E-state index in [1.165, 1.54) is 7.11 Å². The Balaban J connectivity index is 2.96. The fraction of sp³-hybridized carbons (Fsp3) is 0.562. The summed E-state index contributed by atoms with van der Waals surface area (Å²) in [5, 5.41) is 3.27. The van der Waals surface area contributed by atoms with E-state index in [2.05, 4.69) is 19.2 Å². The molecule has 3 N–H and O–H groups in total. The third-order valence-corrected chi connectivity index (χ3v) is 3.44. The Morgan fingerprint density at radius 1 is 1.41 bits per heavy atom. The Morgan fingerprint density at radius 3 is 2.59 bits per heavy atom. The number of methoxy groups -OCH3 is 1. The van der Waals surface area contributed by atoms with Crippen molar-refractivity contribution in [3.63, 3.8) is 0 Å². The summed E-state index contributed by atoms with van der Waals surface area (Å²) in [7, 11) is 1.51. The number of carbonyl (C=O) groups excluding carboxylic acids is 1. The second-order valence-electron chi connectivity index (χ2n) is 5.46. The van der Waals surface area contributed by atoms with Crippen LogP contribution in [0.1, 0.15) is 37.6 Å². The number of rotatable bonds is 8. The van der Waals surface area contributed by atoms with Crippen LogP contribution in [0.15, 0.2) is 12.1 Å². The van der Waals surface area contributed by atoms with Gasteiger partial charge in [-0.25, -0.2) is 0 Å². The van der Waals surface area contributed by atoms with Crippen molar-refractivity contribution in [1.29, 1.82) is 0 Å². The first-order valence-electron chi connectivity index (χ1n) is 7.44. The van der Waals surface area contributed by atoms with Crippen LogP contribution in [0.4, 0.5) is 0 Å². The van der Waals surface area contributed by atoms with Gasteiger partial charge >= 0.3 is 0 Å². The molecular formula is C16H25ClN2O3. The lowest BCUT2D eigenvalue weighted by atomic mass is 10.0. The Bertz CT molecular complexity index is 506. The van der Waals surface area contributed by atoms with Gasteiger partial charge in [-0.3, -0.25) is 4.79 Å². The maximum Gasteiger partial charge on any atom is 0.251 e. The minimum absolute atomic E-state index is 0.0659. The fourth-order valence-corrected chi connectivity index (χ4v) is 2.45. The van der Waals surface area contributed by atoms with Gasteiger partial charge in [-0.1, -0.05) is 25.4 Å². The minimum atomic E-state index is -0.223. The predicted octanol–water partition coefficient (Wildman–Crippen LogP) is 2.85. The molecule has 0 aliphatic rings. The molecule has 0 aliphatic heterocycles. The molecule has 1 aromatic rings. The monoisotopic (exact) mass is 328 g/mol. The molecule has 0 bridgehead atoms. The van der Waals surface area contributed by atoms with Gasteiger partial charge in [0.1, 0.15) is 0 Å². The van der Waals surface area contributed by atoms with E-state index in [1.807, 2.05) is 6.92 Å². The molecule has 5 nitrogen and oxygen atoms in total. The van der Waals surface area contributed by atoms with E-state index < -0.39 is 0 Å². The maximum absolute atomic E-state index is 12.4. The third kappa shape index (κ3) is 5.07. The minimum Gasteiger partial charge on any atom is -0.493 e. The highest BCUT2D eigenvalue weighted by Gasteiger charge is 2.18. The average Bonchev–Trinajstić information content (AvgIpc) is 2.47. The molecule has 1 unspecified atom stereocenters. The van der Waals surface area contributed by atoms with Gasteiger partial charge in [0, 0.05) is 18.2 Å². The number of hydrogen-bond acceptors (Lipinski definition) is 4. The number of amides is 1. The number of hydrogen-bond donors (Lipinski definition) is 2. The van der Waals surface area contributed by atoms with Crippen molar-refractivity contribution in [1.82, 2.24) is 5.32 Å². The molecule has 1 aromatic carbocycles. The molecule has 6 heteroatoms. The Hall–Kier alpha value is -1.46. The number of nitrogens with one attached hydrogen (secondary N) is 1. The molecule has 0 heterocycles. The van der Waals surface area contributed by atoms with Gasteiger partial charge in [-0.05, 0) is 31.4 Å². The Morgan fingerprint density at radius 2 is 2.09 bits per heavy atom. The number of carbonyl (C=O) groups is 1. The molecule has 0 fully saturated rings. The molecule has 1 atom stereocenters. The Labute approximate surface area is 137 Å². The molecule has 124 valence electrons. The second kappa shape index (κ2) is 8.86. The van der Waals surface area contributed by atoms with E-state index in [0.717, 1.165) is 6.42 Å². The van der Waals surface area contributed by atoms with Gasteiger partial charge in [0.05, 0.1) is 18.7 Å². The van der Waals surface area contributed by atoms with E-state index in [0.29, 0.717) is 41.2 Å². The van der Waals surface area contributed by atoms with Gasteiger partial charge in [0.2, 0.25) is 0 Å². The van der Waals surface area contributed by atoms with Crippen molar-refractivity contribution in [3.05, 3.63) is 22.7 Å². The van der Waals surface area contributed by atoms with Crippen LogP contribution in [0.25, 0.3) is 0 Å². The molecule has 0 aliphatic carbocycles. The highest BCUT2D eigenvalue weighted by Crippen LogP contribution is 2.36. The zero-order chi connectivity index (χ0) is 16.7. The van der Waals surface area contributed by atoms with Crippen molar-refractivity contribution in [3.8, 4) is 11.5 Å². The van der Waals surface area contributed by atoms with Gasteiger partial charge in [0.25, 0.3) is 5.91 Å². The van der Waals surface area contributed by atoms with Crippen LogP contribution in [0, 0.1) is 5.92 Å². The van der Waals surface area contributed by atoms with Gasteiger partial charge in [0.15, 0.2) is 11.5 Å². The summed E-state index contributed by atoms with van der Waals surface area (Å²) in [4.78, 5) is 12.4. The molecule has 0 aromatic heterocycles. The first-order chi connectivity index (χ1) is 10.4. The van der Waals surface area contributed by atoms with Crippen molar-refractivity contribution < 1.29 is 14.3 Å². The first kappa shape index (κ1) is 18.6. The topological polar surface area (TPSA) is 73.6 Å². The summed E-state index contributed by atoms with van der Waals surface area (Å²) >= 11 is 6.18. The molecular weight excluding hydrogens is 304 g/mol. The van der Waals surface area contributed by atoms with E-state index in [4.69, 9.17) is 26.8 Å². The molecule has 1 rings (SSSR count). The highest BCUT2D eigenvalue weighted by atomic mass is 35.5. The fourth-order valence-electron chi connectivity index (χ4n) is 2.19. The number of nitrogens with two attached hydrogens (primary N) is 1. The summed E-state index contributed by atoms with van der Waals surface area (Å²) in [5.41, 5.74) is 6.14. The number of ether oxygens (including phenoxy) is 2. The lowest BCUT2D eigenvalue weighted by Crippen LogP contribution is -2.41. The van der Waals surface area contributed by atoms with Crippen LogP contribution in [0.3, 0.4) is 0 Å². The van der Waals surface area contributed by atoms with E-state index in [1.54, 1.807) is 12.1 Å². The first-order valence-corrected chi connectivity index (χ1v) is 7.81. The third-order valence-electron chi connectivity index (χ3n) is 3.16.